The van der Waals surface area contributed by atoms with Crippen LogP contribution in [0.3, 0.4) is 0 Å². The Labute approximate surface area is 127 Å². The highest BCUT2D eigenvalue weighted by Crippen LogP contribution is 2.29. The summed E-state index contributed by atoms with van der Waals surface area (Å²) in [5.41, 5.74) is -0.433. The van der Waals surface area contributed by atoms with Gasteiger partial charge in [0.2, 0.25) is 0 Å². The molecule has 0 aliphatic heterocycles. The Bertz CT molecular complexity index is 650. The van der Waals surface area contributed by atoms with Crippen LogP contribution in [0.15, 0.2) is 30.3 Å². The lowest BCUT2D eigenvalue weighted by molar-refractivity contribution is -0.750. The van der Waals surface area contributed by atoms with Crippen molar-refractivity contribution >= 4 is 39.7 Å². The lowest BCUT2D eigenvalue weighted by atomic mass is 10.2. The predicted molar refractivity (Wildman–Crippen MR) is 78.7 cm³/mol. The third-order valence-electron chi connectivity index (χ3n) is 2.66. The number of hydroxylamine groups is 1. The summed E-state index contributed by atoms with van der Waals surface area (Å²) in [4.78, 5) is 0. The molecule has 0 fully saturated rings. The summed E-state index contributed by atoms with van der Waals surface area (Å²) in [5, 5.41) is 13.4. The van der Waals surface area contributed by atoms with Crippen LogP contribution in [0.5, 0.6) is 0 Å². The number of hydrogen-bond donors (Lipinski definition) is 2. The molecule has 0 aliphatic rings. The molecule has 106 valence electrons. The Balaban J connectivity index is 2.49. The van der Waals surface area contributed by atoms with Gasteiger partial charge >= 0.3 is 0 Å². The number of nitrogens with one attached hydrogen (secondary N) is 2. The highest BCUT2D eigenvalue weighted by Gasteiger charge is 2.18. The van der Waals surface area contributed by atoms with E-state index in [2.05, 4.69) is 5.32 Å². The zero-order chi connectivity index (χ0) is 14.9. The maximum absolute atomic E-state index is 13.8. The minimum atomic E-state index is -1.21. The minimum absolute atomic E-state index is 0.0302. The topological polar surface area (TPSA) is 39.5 Å². The van der Waals surface area contributed by atoms with Crippen molar-refractivity contribution in [1.29, 1.82) is 0 Å². The molecular weight excluding hydrogens is 384 g/mol. The molecule has 0 saturated carbocycles. The fourth-order valence-corrected chi connectivity index (χ4v) is 2.14. The van der Waals surface area contributed by atoms with Crippen molar-refractivity contribution < 1.29 is 18.2 Å². The standard InChI is InChI=1S/C13H10F3IN2O/c1-19(20)11-5-3-8(14)12(16)13(11)18-10-4-2-7(17)6-9(10)15/h2-6,18-19H,1H3. The smallest absolute Gasteiger partial charge is 0.188 e. The fourth-order valence-electron chi connectivity index (χ4n) is 1.69. The molecule has 1 unspecified atom stereocenters. The highest BCUT2D eigenvalue weighted by atomic mass is 127. The van der Waals surface area contributed by atoms with Gasteiger partial charge in [-0.05, 0) is 46.9 Å². The van der Waals surface area contributed by atoms with Gasteiger partial charge in [0.25, 0.3) is 0 Å². The second-order valence-electron chi connectivity index (χ2n) is 4.09. The van der Waals surface area contributed by atoms with Crippen molar-refractivity contribution in [3.05, 3.63) is 56.6 Å². The molecule has 0 aliphatic carbocycles. The number of quaternary nitrogens is 1. The van der Waals surface area contributed by atoms with E-state index in [-0.39, 0.29) is 17.1 Å². The van der Waals surface area contributed by atoms with Gasteiger partial charge in [0.15, 0.2) is 17.3 Å². The van der Waals surface area contributed by atoms with Gasteiger partial charge in [-0.3, -0.25) is 0 Å². The summed E-state index contributed by atoms with van der Waals surface area (Å²) in [5.74, 6) is -2.94. The Morgan fingerprint density at radius 2 is 1.80 bits per heavy atom. The number of anilines is 2. The molecule has 2 rings (SSSR count). The zero-order valence-electron chi connectivity index (χ0n) is 10.3. The summed E-state index contributed by atoms with van der Waals surface area (Å²) in [6.07, 6.45) is 0. The molecule has 1 atom stereocenters. The normalized spacial score (nSPS) is 12.3. The van der Waals surface area contributed by atoms with Gasteiger partial charge in [0, 0.05) is 9.64 Å². The van der Waals surface area contributed by atoms with E-state index in [0.717, 1.165) is 12.1 Å². The van der Waals surface area contributed by atoms with E-state index in [1.54, 1.807) is 6.07 Å². The molecule has 2 N–H and O–H groups in total. The first-order valence-electron chi connectivity index (χ1n) is 5.61. The quantitative estimate of drug-likeness (QED) is 0.621. The number of hydrogen-bond acceptors (Lipinski definition) is 2. The average molecular weight is 394 g/mol. The van der Waals surface area contributed by atoms with E-state index in [1.165, 1.54) is 19.2 Å². The van der Waals surface area contributed by atoms with Gasteiger partial charge in [-0.15, -0.1) is 0 Å². The van der Waals surface area contributed by atoms with E-state index < -0.39 is 22.5 Å². The van der Waals surface area contributed by atoms with E-state index in [0.29, 0.717) is 3.57 Å². The first-order valence-corrected chi connectivity index (χ1v) is 6.69. The van der Waals surface area contributed by atoms with Crippen LogP contribution in [0, 0.1) is 26.2 Å². The van der Waals surface area contributed by atoms with Crippen LogP contribution < -0.4 is 10.4 Å². The van der Waals surface area contributed by atoms with Crippen LogP contribution in [0.25, 0.3) is 0 Å². The molecule has 2 aromatic rings. The van der Waals surface area contributed by atoms with Crippen molar-refractivity contribution in [3.8, 4) is 0 Å². The van der Waals surface area contributed by atoms with Crippen LogP contribution in [-0.4, -0.2) is 7.05 Å². The van der Waals surface area contributed by atoms with E-state index in [9.17, 15) is 18.4 Å². The summed E-state index contributed by atoms with van der Waals surface area (Å²) >= 11 is 1.93. The van der Waals surface area contributed by atoms with E-state index in [4.69, 9.17) is 0 Å². The molecule has 0 spiro atoms. The number of benzene rings is 2. The summed E-state index contributed by atoms with van der Waals surface area (Å²) in [7, 11) is 1.22. The van der Waals surface area contributed by atoms with Crippen molar-refractivity contribution in [3.63, 3.8) is 0 Å². The summed E-state index contributed by atoms with van der Waals surface area (Å²) < 4.78 is 41.5. The van der Waals surface area contributed by atoms with Crippen molar-refractivity contribution in [2.45, 2.75) is 0 Å². The Hall–Kier alpha value is -1.32. The van der Waals surface area contributed by atoms with E-state index in [1.807, 2.05) is 22.6 Å². The second kappa shape index (κ2) is 5.98. The molecule has 0 heterocycles. The Kier molecular flexibility index (Phi) is 4.51. The molecule has 0 amide bonds. The zero-order valence-corrected chi connectivity index (χ0v) is 12.5. The minimum Gasteiger partial charge on any atom is -0.629 e. The predicted octanol–water partition coefficient (Wildman–Crippen LogP) is 3.10. The third kappa shape index (κ3) is 3.05. The molecular formula is C13H10F3IN2O. The van der Waals surface area contributed by atoms with Gasteiger partial charge in [-0.1, -0.05) is 0 Å². The molecule has 2 aromatic carbocycles. The largest absolute Gasteiger partial charge is 0.629 e. The summed E-state index contributed by atoms with van der Waals surface area (Å²) in [6, 6.07) is 6.27. The lowest BCUT2D eigenvalue weighted by Gasteiger charge is -2.20. The van der Waals surface area contributed by atoms with Gasteiger partial charge in [-0.25, -0.2) is 13.2 Å². The van der Waals surface area contributed by atoms with Crippen molar-refractivity contribution in [2.75, 3.05) is 12.4 Å². The monoisotopic (exact) mass is 394 g/mol. The Morgan fingerprint density at radius 3 is 2.40 bits per heavy atom. The van der Waals surface area contributed by atoms with Crippen LogP contribution >= 0.6 is 22.6 Å². The first kappa shape index (κ1) is 15.1. The second-order valence-corrected chi connectivity index (χ2v) is 5.33. The van der Waals surface area contributed by atoms with Crippen LogP contribution in [-0.2, 0) is 0 Å². The van der Waals surface area contributed by atoms with Gasteiger partial charge in [0.05, 0.1) is 12.7 Å². The Morgan fingerprint density at radius 1 is 1.10 bits per heavy atom. The van der Waals surface area contributed by atoms with Crippen molar-refractivity contribution in [2.24, 2.45) is 0 Å². The van der Waals surface area contributed by atoms with Gasteiger partial charge < -0.3 is 15.6 Å². The number of rotatable bonds is 3. The van der Waals surface area contributed by atoms with Crippen LogP contribution in [0.4, 0.5) is 30.2 Å². The maximum Gasteiger partial charge on any atom is 0.188 e. The highest BCUT2D eigenvalue weighted by molar-refractivity contribution is 14.1. The molecule has 3 nitrogen and oxygen atoms in total. The number of halogens is 4. The third-order valence-corrected chi connectivity index (χ3v) is 3.34. The van der Waals surface area contributed by atoms with E-state index >= 15 is 0 Å². The fraction of sp³-hybridized carbons (Fsp3) is 0.0769. The molecule has 7 heteroatoms. The summed E-state index contributed by atoms with van der Waals surface area (Å²) in [6.45, 7) is 0. The molecule has 0 aromatic heterocycles. The van der Waals surface area contributed by atoms with Gasteiger partial charge in [-0.2, -0.15) is 0 Å². The molecule has 0 bridgehead atoms. The van der Waals surface area contributed by atoms with Crippen LogP contribution in [0.1, 0.15) is 0 Å². The van der Waals surface area contributed by atoms with Crippen molar-refractivity contribution in [1.82, 2.24) is 0 Å². The molecule has 20 heavy (non-hydrogen) atoms. The lowest BCUT2D eigenvalue weighted by Crippen LogP contribution is -2.98. The SMILES string of the molecule is C[NH+]([O-])c1ccc(F)c(F)c1Nc1ccc(I)cc1F. The first-order chi connectivity index (χ1) is 9.40. The molecule has 0 radical (unpaired) electrons. The average Bonchev–Trinajstić information content (AvgIpc) is 2.37. The maximum atomic E-state index is 13.8. The molecule has 0 saturated heterocycles. The van der Waals surface area contributed by atoms with Gasteiger partial charge in [0.1, 0.15) is 11.5 Å². The van der Waals surface area contributed by atoms with Crippen LogP contribution in [0.2, 0.25) is 0 Å².